The molecule has 156 valence electrons. The molecular formula is C20H19N3O7. The summed E-state index contributed by atoms with van der Waals surface area (Å²) in [5, 5.41) is 30.7. The van der Waals surface area contributed by atoms with E-state index in [1.54, 1.807) is 12.1 Å². The Morgan fingerprint density at radius 1 is 1.23 bits per heavy atom. The van der Waals surface area contributed by atoms with Crippen LogP contribution in [0, 0.1) is 10.1 Å². The van der Waals surface area contributed by atoms with Gasteiger partial charge in [-0.1, -0.05) is 18.2 Å². The summed E-state index contributed by atoms with van der Waals surface area (Å²) >= 11 is 0. The fraction of sp³-hybridized carbons (Fsp3) is 0.250. The number of hydrogen-bond acceptors (Lipinski definition) is 8. The largest absolute Gasteiger partial charge is 0.507 e. The monoisotopic (exact) mass is 413 g/mol. The standard InChI is InChI=1S/C20H19N3O7/c24-8-10-30-9-7-22-17(14-4-2-6-21-12-14)16(19(26)20(22)27)18(25)13-3-1-5-15(11-13)23(28)29/h1-6,11-12,17,24-25H,7-10H2/t17-/m1/s1. The van der Waals surface area contributed by atoms with E-state index >= 15 is 0 Å². The van der Waals surface area contributed by atoms with E-state index in [-0.39, 0.29) is 43.2 Å². The van der Waals surface area contributed by atoms with Crippen LogP contribution in [0.5, 0.6) is 0 Å². The lowest BCUT2D eigenvalue weighted by Gasteiger charge is -2.24. The smallest absolute Gasteiger partial charge is 0.295 e. The molecule has 1 saturated heterocycles. The number of pyridine rings is 1. The predicted octanol–water partition coefficient (Wildman–Crippen LogP) is 1.42. The summed E-state index contributed by atoms with van der Waals surface area (Å²) in [5.41, 5.74) is 0.0951. The number of amides is 1. The van der Waals surface area contributed by atoms with Gasteiger partial charge in [0.2, 0.25) is 0 Å². The molecule has 10 nitrogen and oxygen atoms in total. The van der Waals surface area contributed by atoms with Crippen molar-refractivity contribution in [3.63, 3.8) is 0 Å². The average molecular weight is 413 g/mol. The number of ether oxygens (including phenoxy) is 1. The van der Waals surface area contributed by atoms with Gasteiger partial charge in [0.05, 0.1) is 36.4 Å². The minimum atomic E-state index is -0.935. The van der Waals surface area contributed by atoms with Crippen molar-refractivity contribution in [3.8, 4) is 0 Å². The maximum atomic E-state index is 12.8. The first kappa shape index (κ1) is 21.1. The number of nitro benzene ring substituents is 1. The number of carbonyl (C=O) groups excluding carboxylic acids is 2. The number of nitro groups is 1. The highest BCUT2D eigenvalue weighted by Gasteiger charge is 2.46. The van der Waals surface area contributed by atoms with Crippen molar-refractivity contribution in [2.75, 3.05) is 26.4 Å². The maximum Gasteiger partial charge on any atom is 0.295 e. The number of non-ortho nitro benzene ring substituents is 1. The molecule has 10 heteroatoms. The normalized spacial score (nSPS) is 18.0. The van der Waals surface area contributed by atoms with Crippen LogP contribution in [0.4, 0.5) is 5.69 Å². The van der Waals surface area contributed by atoms with Crippen LogP contribution in [0.1, 0.15) is 17.2 Å². The van der Waals surface area contributed by atoms with Crippen molar-refractivity contribution in [2.45, 2.75) is 6.04 Å². The fourth-order valence-corrected chi connectivity index (χ4v) is 3.25. The number of aliphatic hydroxyl groups excluding tert-OH is 2. The lowest BCUT2D eigenvalue weighted by Crippen LogP contribution is -2.33. The van der Waals surface area contributed by atoms with Crippen molar-refractivity contribution in [1.82, 2.24) is 9.88 Å². The molecule has 1 amide bonds. The zero-order valence-electron chi connectivity index (χ0n) is 15.8. The Kier molecular flexibility index (Phi) is 6.50. The molecule has 0 bridgehead atoms. The van der Waals surface area contributed by atoms with Gasteiger partial charge in [-0.15, -0.1) is 0 Å². The number of aromatic nitrogens is 1. The Hall–Kier alpha value is -3.63. The molecule has 30 heavy (non-hydrogen) atoms. The first-order valence-corrected chi connectivity index (χ1v) is 9.07. The summed E-state index contributed by atoms with van der Waals surface area (Å²) in [7, 11) is 0. The maximum absolute atomic E-state index is 12.8. The molecule has 0 saturated carbocycles. The molecule has 1 aliphatic rings. The Morgan fingerprint density at radius 3 is 2.70 bits per heavy atom. The second-order valence-corrected chi connectivity index (χ2v) is 6.42. The van der Waals surface area contributed by atoms with E-state index in [0.29, 0.717) is 5.56 Å². The summed E-state index contributed by atoms with van der Waals surface area (Å²) in [5.74, 6) is -2.25. The van der Waals surface area contributed by atoms with Crippen molar-refractivity contribution in [2.24, 2.45) is 0 Å². The van der Waals surface area contributed by atoms with Crippen LogP contribution in [-0.4, -0.2) is 63.1 Å². The minimum absolute atomic E-state index is 0.0376. The first-order valence-electron chi connectivity index (χ1n) is 9.07. The SMILES string of the molecule is O=C1C(=O)N(CCOCCO)[C@H](c2cccnc2)C1=C(O)c1cccc([N+](=O)[O-])c1. The van der Waals surface area contributed by atoms with Crippen LogP contribution in [0.3, 0.4) is 0 Å². The van der Waals surface area contributed by atoms with Crippen molar-refractivity contribution < 1.29 is 29.5 Å². The van der Waals surface area contributed by atoms with Crippen LogP contribution < -0.4 is 0 Å². The van der Waals surface area contributed by atoms with Gasteiger partial charge in [0.1, 0.15) is 5.76 Å². The van der Waals surface area contributed by atoms with Gasteiger partial charge < -0.3 is 19.8 Å². The van der Waals surface area contributed by atoms with E-state index in [0.717, 1.165) is 6.07 Å². The van der Waals surface area contributed by atoms with Crippen LogP contribution in [0.2, 0.25) is 0 Å². The summed E-state index contributed by atoms with van der Waals surface area (Å²) in [6.07, 6.45) is 3.00. The van der Waals surface area contributed by atoms with E-state index in [2.05, 4.69) is 4.98 Å². The van der Waals surface area contributed by atoms with Gasteiger partial charge in [-0.25, -0.2) is 0 Å². The second-order valence-electron chi connectivity index (χ2n) is 6.42. The topological polar surface area (TPSA) is 143 Å². The molecule has 0 spiro atoms. The number of nitrogens with zero attached hydrogens (tertiary/aromatic N) is 3. The summed E-state index contributed by atoms with van der Waals surface area (Å²) in [6.45, 7) is 0.00382. The Balaban J connectivity index is 2.07. The molecule has 0 radical (unpaired) electrons. The van der Waals surface area contributed by atoms with Gasteiger partial charge in [-0.3, -0.25) is 24.7 Å². The summed E-state index contributed by atoms with van der Waals surface area (Å²) in [6, 6.07) is 7.54. The van der Waals surface area contributed by atoms with Gasteiger partial charge in [0.25, 0.3) is 17.4 Å². The quantitative estimate of drug-likeness (QED) is 0.165. The highest BCUT2D eigenvalue weighted by molar-refractivity contribution is 6.46. The number of rotatable bonds is 8. The average Bonchev–Trinajstić information content (AvgIpc) is 3.01. The molecule has 2 aromatic rings. The van der Waals surface area contributed by atoms with E-state index < -0.39 is 28.4 Å². The van der Waals surface area contributed by atoms with Crippen LogP contribution in [0.25, 0.3) is 5.76 Å². The number of carbonyl (C=O) groups is 2. The van der Waals surface area contributed by atoms with Crippen LogP contribution >= 0.6 is 0 Å². The predicted molar refractivity (Wildman–Crippen MR) is 104 cm³/mol. The van der Waals surface area contributed by atoms with Crippen LogP contribution in [-0.2, 0) is 14.3 Å². The van der Waals surface area contributed by atoms with Gasteiger partial charge in [0.15, 0.2) is 0 Å². The minimum Gasteiger partial charge on any atom is -0.507 e. The lowest BCUT2D eigenvalue weighted by atomic mass is 9.96. The molecule has 2 N–H and O–H groups in total. The van der Waals surface area contributed by atoms with E-state index in [9.17, 15) is 24.8 Å². The third-order valence-electron chi connectivity index (χ3n) is 4.58. The lowest BCUT2D eigenvalue weighted by molar-refractivity contribution is -0.384. The summed E-state index contributed by atoms with van der Waals surface area (Å²) < 4.78 is 5.21. The zero-order valence-corrected chi connectivity index (χ0v) is 15.8. The molecule has 1 aliphatic heterocycles. The van der Waals surface area contributed by atoms with E-state index in [4.69, 9.17) is 9.84 Å². The van der Waals surface area contributed by atoms with Crippen molar-refractivity contribution in [1.29, 1.82) is 0 Å². The van der Waals surface area contributed by atoms with Gasteiger partial charge in [-0.05, 0) is 11.6 Å². The third-order valence-corrected chi connectivity index (χ3v) is 4.58. The van der Waals surface area contributed by atoms with Gasteiger partial charge >= 0.3 is 0 Å². The summed E-state index contributed by atoms with van der Waals surface area (Å²) in [4.78, 5) is 41.2. The Bertz CT molecular complexity index is 991. The van der Waals surface area contributed by atoms with Crippen molar-refractivity contribution >= 4 is 23.1 Å². The number of benzene rings is 1. The molecule has 1 aromatic heterocycles. The number of ketones is 1. The number of likely N-dealkylation sites (tertiary alicyclic amines) is 1. The molecule has 1 fully saturated rings. The van der Waals surface area contributed by atoms with Crippen LogP contribution in [0.15, 0.2) is 54.4 Å². The molecule has 1 aromatic carbocycles. The van der Waals surface area contributed by atoms with E-state index in [1.807, 2.05) is 0 Å². The second kappa shape index (κ2) is 9.25. The Morgan fingerprint density at radius 2 is 2.03 bits per heavy atom. The Labute approximate surface area is 171 Å². The van der Waals surface area contributed by atoms with Crippen molar-refractivity contribution in [3.05, 3.63) is 75.6 Å². The molecule has 0 aliphatic carbocycles. The van der Waals surface area contributed by atoms with Gasteiger partial charge in [-0.2, -0.15) is 0 Å². The number of hydrogen-bond donors (Lipinski definition) is 2. The first-order chi connectivity index (χ1) is 14.5. The molecule has 2 heterocycles. The molecule has 0 unspecified atom stereocenters. The molecule has 3 rings (SSSR count). The highest BCUT2D eigenvalue weighted by Crippen LogP contribution is 2.39. The zero-order chi connectivity index (χ0) is 21.7. The molecule has 1 atom stereocenters. The fourth-order valence-electron chi connectivity index (χ4n) is 3.25. The number of Topliss-reactive ketones (excluding diaryl/α,β-unsaturated/α-hetero) is 1. The third kappa shape index (κ3) is 4.19. The molecular weight excluding hydrogens is 394 g/mol. The van der Waals surface area contributed by atoms with E-state index in [1.165, 1.54) is 35.5 Å². The highest BCUT2D eigenvalue weighted by atomic mass is 16.6. The number of aliphatic hydroxyl groups is 2. The van der Waals surface area contributed by atoms with Gasteiger partial charge in [0, 0.05) is 36.6 Å².